The van der Waals surface area contributed by atoms with Gasteiger partial charge in [-0.25, -0.2) is 0 Å². The Kier molecular flexibility index (Phi) is 4.71. The highest BCUT2D eigenvalue weighted by Crippen LogP contribution is 2.30. The molecule has 134 valence electrons. The third-order valence-electron chi connectivity index (χ3n) is 4.55. The number of piperidine rings is 1. The van der Waals surface area contributed by atoms with Gasteiger partial charge in [0.05, 0.1) is 17.9 Å². The molecular weight excluding hydrogens is 350 g/mol. The molecule has 6 nitrogen and oxygen atoms in total. The van der Waals surface area contributed by atoms with Crippen LogP contribution in [0.1, 0.15) is 34.3 Å². The quantitative estimate of drug-likeness (QED) is 0.699. The molecule has 1 fully saturated rings. The van der Waals surface area contributed by atoms with Crippen LogP contribution < -0.4 is 4.74 Å². The van der Waals surface area contributed by atoms with Crippen molar-refractivity contribution in [2.45, 2.75) is 18.8 Å². The largest absolute Gasteiger partial charge is 0.497 e. The first-order valence-corrected chi connectivity index (χ1v) is 9.43. The minimum Gasteiger partial charge on any atom is -0.497 e. The molecule has 0 spiro atoms. The lowest BCUT2D eigenvalue weighted by molar-refractivity contribution is 0.0703. The maximum absolute atomic E-state index is 12.6. The van der Waals surface area contributed by atoms with Crippen molar-refractivity contribution in [2.75, 3.05) is 20.2 Å². The lowest BCUT2D eigenvalue weighted by Crippen LogP contribution is -2.38. The maximum Gasteiger partial charge on any atom is 0.263 e. The number of hydrogen-bond acceptors (Lipinski definition) is 6. The third kappa shape index (κ3) is 3.35. The van der Waals surface area contributed by atoms with Crippen molar-refractivity contribution in [2.24, 2.45) is 0 Å². The number of methoxy groups -OCH3 is 1. The zero-order valence-corrected chi connectivity index (χ0v) is 15.2. The Hall–Kier alpha value is -2.67. The minimum atomic E-state index is 0.0690. The van der Waals surface area contributed by atoms with Crippen LogP contribution in [0.25, 0.3) is 11.5 Å². The van der Waals surface area contributed by atoms with Crippen LogP contribution in [0.3, 0.4) is 0 Å². The molecule has 1 aromatic carbocycles. The number of benzene rings is 1. The molecule has 1 amide bonds. The Morgan fingerprint density at radius 2 is 2.23 bits per heavy atom. The first-order valence-electron chi connectivity index (χ1n) is 8.55. The number of amides is 1. The van der Waals surface area contributed by atoms with Gasteiger partial charge in [-0.2, -0.15) is 0 Å². The molecule has 1 atom stereocenters. The van der Waals surface area contributed by atoms with Crippen molar-refractivity contribution in [3.8, 4) is 17.2 Å². The van der Waals surface area contributed by atoms with Crippen molar-refractivity contribution in [3.63, 3.8) is 0 Å². The summed E-state index contributed by atoms with van der Waals surface area (Å²) in [6.45, 7) is 1.38. The fraction of sp³-hybridized carbons (Fsp3) is 0.316. The van der Waals surface area contributed by atoms with E-state index in [1.807, 2.05) is 46.7 Å². The number of carbonyl (C=O) groups is 1. The standard InChI is InChI=1S/C19H19N3O3S/c1-24-15-7-2-5-13(11-15)17-20-21-18(25-17)14-6-3-9-22(12-14)19(23)16-8-4-10-26-16/h2,4-5,7-8,10-11,14H,3,6,9,12H2,1H3/t14-/m1/s1. The fourth-order valence-electron chi connectivity index (χ4n) is 3.19. The molecule has 0 saturated carbocycles. The first kappa shape index (κ1) is 16.8. The van der Waals surface area contributed by atoms with E-state index in [0.29, 0.717) is 18.3 Å². The second-order valence-corrected chi connectivity index (χ2v) is 7.19. The molecule has 26 heavy (non-hydrogen) atoms. The van der Waals surface area contributed by atoms with E-state index in [4.69, 9.17) is 9.15 Å². The number of carbonyl (C=O) groups excluding carboxylic acids is 1. The van der Waals surface area contributed by atoms with Gasteiger partial charge in [-0.15, -0.1) is 21.5 Å². The molecule has 1 saturated heterocycles. The van der Waals surface area contributed by atoms with Gasteiger partial charge in [-0.3, -0.25) is 4.79 Å². The normalized spacial score (nSPS) is 17.3. The van der Waals surface area contributed by atoms with Crippen molar-refractivity contribution in [1.29, 1.82) is 0 Å². The Labute approximate surface area is 155 Å². The highest BCUT2D eigenvalue weighted by molar-refractivity contribution is 7.12. The number of ether oxygens (including phenoxy) is 1. The summed E-state index contributed by atoms with van der Waals surface area (Å²) in [5.41, 5.74) is 0.824. The van der Waals surface area contributed by atoms with Crippen molar-refractivity contribution in [3.05, 3.63) is 52.5 Å². The molecule has 0 unspecified atom stereocenters. The Balaban J connectivity index is 1.51. The second kappa shape index (κ2) is 7.29. The van der Waals surface area contributed by atoms with Crippen LogP contribution in [0.15, 0.2) is 46.2 Å². The van der Waals surface area contributed by atoms with E-state index < -0.39 is 0 Å². The molecule has 3 heterocycles. The van der Waals surface area contributed by atoms with Crippen LogP contribution in [0.2, 0.25) is 0 Å². The lowest BCUT2D eigenvalue weighted by Gasteiger charge is -2.30. The van der Waals surface area contributed by atoms with Gasteiger partial charge in [0.15, 0.2) is 0 Å². The summed E-state index contributed by atoms with van der Waals surface area (Å²) < 4.78 is 11.2. The second-order valence-electron chi connectivity index (χ2n) is 6.25. The third-order valence-corrected chi connectivity index (χ3v) is 5.40. The van der Waals surface area contributed by atoms with E-state index in [2.05, 4.69) is 10.2 Å². The number of aromatic nitrogens is 2. The molecule has 0 aliphatic carbocycles. The van der Waals surface area contributed by atoms with Gasteiger partial charge in [0.1, 0.15) is 5.75 Å². The van der Waals surface area contributed by atoms with E-state index >= 15 is 0 Å². The van der Waals surface area contributed by atoms with Crippen LogP contribution in [-0.2, 0) is 0 Å². The Morgan fingerprint density at radius 3 is 3.04 bits per heavy atom. The van der Waals surface area contributed by atoms with Gasteiger partial charge in [-0.05, 0) is 42.5 Å². The van der Waals surface area contributed by atoms with E-state index in [9.17, 15) is 4.79 Å². The topological polar surface area (TPSA) is 68.5 Å². The number of likely N-dealkylation sites (tertiary alicyclic amines) is 1. The molecule has 3 aromatic rings. The number of nitrogens with zero attached hydrogens (tertiary/aromatic N) is 3. The van der Waals surface area contributed by atoms with Gasteiger partial charge < -0.3 is 14.1 Å². The van der Waals surface area contributed by atoms with Crippen molar-refractivity contribution in [1.82, 2.24) is 15.1 Å². The van der Waals surface area contributed by atoms with Crippen LogP contribution in [0.5, 0.6) is 5.75 Å². The lowest BCUT2D eigenvalue weighted by atomic mass is 9.98. The summed E-state index contributed by atoms with van der Waals surface area (Å²) >= 11 is 1.47. The average molecular weight is 369 g/mol. The van der Waals surface area contributed by atoms with Crippen LogP contribution >= 0.6 is 11.3 Å². The van der Waals surface area contributed by atoms with Crippen LogP contribution in [0, 0.1) is 0 Å². The fourth-order valence-corrected chi connectivity index (χ4v) is 3.88. The zero-order valence-electron chi connectivity index (χ0n) is 14.4. The minimum absolute atomic E-state index is 0.0690. The molecule has 0 bridgehead atoms. The molecule has 7 heteroatoms. The maximum atomic E-state index is 12.6. The van der Waals surface area contributed by atoms with Crippen LogP contribution in [0.4, 0.5) is 0 Å². The Morgan fingerprint density at radius 1 is 1.31 bits per heavy atom. The first-order chi connectivity index (χ1) is 12.7. The number of hydrogen-bond donors (Lipinski definition) is 0. The van der Waals surface area contributed by atoms with E-state index in [1.54, 1.807) is 7.11 Å². The molecular formula is C19H19N3O3S. The molecule has 0 N–H and O–H groups in total. The predicted octanol–water partition coefficient (Wildman–Crippen LogP) is 3.83. The Bertz CT molecular complexity index is 891. The summed E-state index contributed by atoms with van der Waals surface area (Å²) in [7, 11) is 1.62. The van der Waals surface area contributed by atoms with Gasteiger partial charge in [0.2, 0.25) is 11.8 Å². The smallest absolute Gasteiger partial charge is 0.263 e. The van der Waals surface area contributed by atoms with Crippen molar-refractivity contribution >= 4 is 17.2 Å². The summed E-state index contributed by atoms with van der Waals surface area (Å²) in [5, 5.41) is 10.3. The molecule has 1 aliphatic heterocycles. The number of rotatable bonds is 4. The van der Waals surface area contributed by atoms with Gasteiger partial charge in [0.25, 0.3) is 5.91 Å². The highest BCUT2D eigenvalue weighted by Gasteiger charge is 2.29. The SMILES string of the molecule is COc1cccc(-c2nnc([C@@H]3CCCN(C(=O)c4cccs4)C3)o2)c1. The summed E-state index contributed by atoms with van der Waals surface area (Å²) in [5.74, 6) is 1.96. The average Bonchev–Trinajstić information content (AvgIpc) is 3.39. The van der Waals surface area contributed by atoms with Crippen molar-refractivity contribution < 1.29 is 13.9 Å². The summed E-state index contributed by atoms with van der Waals surface area (Å²) in [6.07, 6.45) is 1.87. The van der Waals surface area contributed by atoms with Gasteiger partial charge in [0, 0.05) is 18.7 Å². The summed E-state index contributed by atoms with van der Waals surface area (Å²) in [4.78, 5) is 15.2. The summed E-state index contributed by atoms with van der Waals surface area (Å²) in [6, 6.07) is 11.3. The highest BCUT2D eigenvalue weighted by atomic mass is 32.1. The molecule has 0 radical (unpaired) electrons. The molecule has 4 rings (SSSR count). The predicted molar refractivity (Wildman–Crippen MR) is 98.5 cm³/mol. The van der Waals surface area contributed by atoms with E-state index in [0.717, 1.165) is 35.6 Å². The van der Waals surface area contributed by atoms with Gasteiger partial charge in [-0.1, -0.05) is 12.1 Å². The van der Waals surface area contributed by atoms with E-state index in [1.165, 1.54) is 11.3 Å². The van der Waals surface area contributed by atoms with Gasteiger partial charge >= 0.3 is 0 Å². The monoisotopic (exact) mass is 369 g/mol. The number of thiophene rings is 1. The zero-order chi connectivity index (χ0) is 17.9. The van der Waals surface area contributed by atoms with Crippen LogP contribution in [-0.4, -0.2) is 41.2 Å². The van der Waals surface area contributed by atoms with E-state index in [-0.39, 0.29) is 11.8 Å². The molecule has 1 aliphatic rings. The molecule has 2 aromatic heterocycles.